The summed E-state index contributed by atoms with van der Waals surface area (Å²) in [5.74, 6) is -0.415. The van der Waals surface area contributed by atoms with E-state index in [4.69, 9.17) is 0 Å². The van der Waals surface area contributed by atoms with Crippen molar-refractivity contribution in [1.82, 2.24) is 0 Å². The molecule has 0 heterocycles. The fraction of sp³-hybridized carbons (Fsp3) is 0. The van der Waals surface area contributed by atoms with Gasteiger partial charge in [0.25, 0.3) is 10.2 Å². The smallest absolute Gasteiger partial charge is 0.230 e. The van der Waals surface area contributed by atoms with E-state index in [1.54, 1.807) is 0 Å². The second kappa shape index (κ2) is 6.05. The number of hydrogen-bond donors (Lipinski definition) is 2. The van der Waals surface area contributed by atoms with Crippen molar-refractivity contribution >= 4 is 30.0 Å². The first kappa shape index (κ1) is 14.3. The highest BCUT2D eigenvalue weighted by Gasteiger charge is 1.96. The molecule has 1 aromatic carbocycles. The van der Waals surface area contributed by atoms with Gasteiger partial charge in [0.15, 0.2) is 0 Å². The molecular formula is C6H8FIN2O4S. The zero-order chi connectivity index (χ0) is 12.1. The largest absolute Gasteiger partial charge is 0.340 e. The predicted molar refractivity (Wildman–Crippen MR) is 57.8 cm³/mol. The Morgan fingerprint density at radius 1 is 1.07 bits per heavy atom. The molecule has 0 amide bonds. The number of nitrogens with two attached hydrogens (primary N) is 2. The molecule has 0 radical (unpaired) electrons. The van der Waals surface area contributed by atoms with Gasteiger partial charge in [0, 0.05) is 0 Å². The van der Waals surface area contributed by atoms with Crippen molar-refractivity contribution in [2.45, 2.75) is 0 Å². The maximum absolute atomic E-state index is 12.2. The maximum Gasteiger partial charge on any atom is 0.340 e. The molecule has 1 rings (SSSR count). The number of halogens is 2. The lowest BCUT2D eigenvalue weighted by Crippen LogP contribution is -2.21. The summed E-state index contributed by atoms with van der Waals surface area (Å²) in [5, 5.41) is 8.21. The van der Waals surface area contributed by atoms with Crippen LogP contribution in [0.4, 0.5) is 4.39 Å². The lowest BCUT2D eigenvalue weighted by molar-refractivity contribution is 0.599. The van der Waals surface area contributed by atoms with Crippen molar-refractivity contribution in [2.75, 3.05) is 0 Å². The standard InChI is InChI=1S/C6H4FIO2.H4N2O2S/c7-5-1-3-6(4-2-5)8(9)10;1-5(2,3)4/h1-4H;(H4,1,2,3,4). The van der Waals surface area contributed by atoms with Gasteiger partial charge in [0.05, 0.1) is 3.57 Å². The average Bonchev–Trinajstić information content (AvgIpc) is 2.01. The van der Waals surface area contributed by atoms with Crippen LogP contribution in [0.3, 0.4) is 0 Å². The van der Waals surface area contributed by atoms with E-state index in [1.807, 2.05) is 0 Å². The van der Waals surface area contributed by atoms with Crippen molar-refractivity contribution in [1.29, 1.82) is 0 Å². The Bertz CT molecular complexity index is 466. The Labute approximate surface area is 92.8 Å². The summed E-state index contributed by atoms with van der Waals surface area (Å²) in [5.41, 5.74) is 0. The summed E-state index contributed by atoms with van der Waals surface area (Å²) < 4.78 is 51.4. The Morgan fingerprint density at radius 2 is 1.40 bits per heavy atom. The van der Waals surface area contributed by atoms with Gasteiger partial charge in [-0.1, -0.05) is 0 Å². The zero-order valence-electron chi connectivity index (χ0n) is 7.26. The highest BCUT2D eigenvalue weighted by atomic mass is 127. The quantitative estimate of drug-likeness (QED) is 0.710. The van der Waals surface area contributed by atoms with E-state index in [0.717, 1.165) is 12.1 Å². The molecule has 0 aromatic heterocycles. The lowest BCUT2D eigenvalue weighted by atomic mass is 10.4. The average molecular weight is 350 g/mol. The monoisotopic (exact) mass is 350 g/mol. The van der Waals surface area contributed by atoms with Crippen LogP contribution in [-0.2, 0) is 16.3 Å². The minimum atomic E-state index is -3.67. The molecule has 0 aliphatic rings. The molecule has 86 valence electrons. The van der Waals surface area contributed by atoms with E-state index >= 15 is 0 Å². The molecule has 0 unspecified atom stereocenters. The van der Waals surface area contributed by atoms with E-state index in [9.17, 15) is 18.9 Å². The van der Waals surface area contributed by atoms with Crippen LogP contribution >= 0.6 is 19.8 Å². The Morgan fingerprint density at radius 3 is 1.67 bits per heavy atom. The summed E-state index contributed by atoms with van der Waals surface area (Å²) in [6.07, 6.45) is 0. The Balaban J connectivity index is 0.000000336. The summed E-state index contributed by atoms with van der Waals surface area (Å²) in [4.78, 5) is 0. The second-order valence-electron chi connectivity index (χ2n) is 2.24. The SMILES string of the molecule is NS(N)(=O)=O.O=I(=O)c1ccc(F)cc1. The van der Waals surface area contributed by atoms with Gasteiger partial charge in [-0.2, -0.15) is 8.42 Å². The van der Waals surface area contributed by atoms with Crippen molar-refractivity contribution in [2.24, 2.45) is 10.3 Å². The fourth-order valence-electron chi connectivity index (χ4n) is 0.532. The van der Waals surface area contributed by atoms with Crippen molar-refractivity contribution in [3.05, 3.63) is 33.7 Å². The van der Waals surface area contributed by atoms with Gasteiger partial charge in [-0.05, 0) is 24.3 Å². The van der Waals surface area contributed by atoms with Gasteiger partial charge in [-0.25, -0.2) is 20.8 Å². The zero-order valence-corrected chi connectivity index (χ0v) is 10.2. The maximum atomic E-state index is 12.2. The fourth-order valence-corrected chi connectivity index (χ4v) is 1.48. The molecule has 0 saturated heterocycles. The van der Waals surface area contributed by atoms with Crippen LogP contribution in [0.1, 0.15) is 0 Å². The Kier molecular flexibility index (Phi) is 5.79. The summed E-state index contributed by atoms with van der Waals surface area (Å²) >= 11 is -3.37. The third-order valence-corrected chi connectivity index (χ3v) is 2.72. The summed E-state index contributed by atoms with van der Waals surface area (Å²) in [7, 11) is -3.67. The van der Waals surface area contributed by atoms with Crippen LogP contribution in [-0.4, -0.2) is 8.42 Å². The van der Waals surface area contributed by atoms with Crippen molar-refractivity contribution in [3.8, 4) is 0 Å². The third-order valence-electron chi connectivity index (χ3n) is 0.982. The van der Waals surface area contributed by atoms with E-state index in [1.165, 1.54) is 12.1 Å². The minimum absolute atomic E-state index is 0.227. The van der Waals surface area contributed by atoms with Crippen LogP contribution < -0.4 is 10.3 Å². The van der Waals surface area contributed by atoms with Crippen LogP contribution in [0.2, 0.25) is 0 Å². The molecule has 0 aliphatic heterocycles. The number of benzene rings is 1. The molecule has 0 fully saturated rings. The molecule has 9 heteroatoms. The highest BCUT2D eigenvalue weighted by Crippen LogP contribution is 2.16. The first-order valence-corrected chi connectivity index (χ1v) is 7.76. The first-order valence-electron chi connectivity index (χ1n) is 3.31. The number of hydrogen-bond acceptors (Lipinski definition) is 4. The van der Waals surface area contributed by atoms with Crippen LogP contribution in [0.25, 0.3) is 0 Å². The van der Waals surface area contributed by atoms with Gasteiger partial charge < -0.3 is 0 Å². The molecular weight excluding hydrogens is 342 g/mol. The molecule has 1 aromatic rings. The molecule has 15 heavy (non-hydrogen) atoms. The van der Waals surface area contributed by atoms with Gasteiger partial charge in [0.1, 0.15) is 5.82 Å². The third kappa shape index (κ3) is 9.65. The van der Waals surface area contributed by atoms with E-state index < -0.39 is 35.8 Å². The van der Waals surface area contributed by atoms with E-state index in [2.05, 4.69) is 10.3 Å². The van der Waals surface area contributed by atoms with Gasteiger partial charge in [0.2, 0.25) is 0 Å². The minimum Gasteiger partial charge on any atom is -0.230 e. The van der Waals surface area contributed by atoms with Gasteiger partial charge >= 0.3 is 19.8 Å². The van der Waals surface area contributed by atoms with Crippen molar-refractivity contribution in [3.63, 3.8) is 0 Å². The van der Waals surface area contributed by atoms with Crippen molar-refractivity contribution < 1.29 is 18.9 Å². The van der Waals surface area contributed by atoms with Crippen LogP contribution in [0, 0.1) is 9.39 Å². The molecule has 4 N–H and O–H groups in total. The Hall–Kier alpha value is -0.650. The first-order chi connectivity index (χ1) is 6.70. The summed E-state index contributed by atoms with van der Waals surface area (Å²) in [6.45, 7) is 0. The summed E-state index contributed by atoms with van der Waals surface area (Å²) in [6, 6.07) is 4.80. The van der Waals surface area contributed by atoms with E-state index in [-0.39, 0.29) is 3.57 Å². The molecule has 0 aliphatic carbocycles. The van der Waals surface area contributed by atoms with Gasteiger partial charge in [-0.3, -0.25) is 0 Å². The topological polar surface area (TPSA) is 120 Å². The predicted octanol–water partition coefficient (Wildman–Crippen LogP) is 0.341. The second-order valence-corrected chi connectivity index (χ2v) is 5.91. The molecule has 6 nitrogen and oxygen atoms in total. The van der Waals surface area contributed by atoms with Crippen LogP contribution in [0.5, 0.6) is 0 Å². The molecule has 0 saturated carbocycles. The normalized spacial score (nSPS) is 10.7. The van der Waals surface area contributed by atoms with E-state index in [0.29, 0.717) is 0 Å². The number of rotatable bonds is 1. The highest BCUT2D eigenvalue weighted by molar-refractivity contribution is 14.2. The molecule has 0 atom stereocenters. The van der Waals surface area contributed by atoms with Crippen LogP contribution in [0.15, 0.2) is 24.3 Å². The van der Waals surface area contributed by atoms with Gasteiger partial charge in [-0.15, -0.1) is 0 Å². The molecule has 0 bridgehead atoms. The lowest BCUT2D eigenvalue weighted by Gasteiger charge is -1.85. The molecule has 0 spiro atoms.